The summed E-state index contributed by atoms with van der Waals surface area (Å²) >= 11 is 6.09. The number of nitrogens with zero attached hydrogens (tertiary/aromatic N) is 2. The van der Waals surface area contributed by atoms with Crippen molar-refractivity contribution in [3.05, 3.63) is 88.7 Å². The van der Waals surface area contributed by atoms with Gasteiger partial charge in [-0.3, -0.25) is 0 Å². The second kappa shape index (κ2) is 9.23. The number of halogens is 1. The van der Waals surface area contributed by atoms with E-state index >= 15 is 0 Å². The van der Waals surface area contributed by atoms with Crippen LogP contribution >= 0.6 is 11.6 Å². The van der Waals surface area contributed by atoms with Gasteiger partial charge in [0.1, 0.15) is 17.3 Å². The van der Waals surface area contributed by atoms with Crippen LogP contribution in [-0.2, 0) is 13.0 Å². The Balaban J connectivity index is 1.47. The molecule has 0 saturated carbocycles. The Labute approximate surface area is 182 Å². The van der Waals surface area contributed by atoms with E-state index in [0.29, 0.717) is 6.61 Å². The predicted octanol–water partition coefficient (Wildman–Crippen LogP) is 6.07. The average molecular weight is 421 g/mol. The van der Waals surface area contributed by atoms with Gasteiger partial charge in [0.15, 0.2) is 0 Å². The largest absolute Gasteiger partial charge is 0.497 e. The maximum atomic E-state index is 6.09. The first kappa shape index (κ1) is 20.3. The lowest BCUT2D eigenvalue weighted by Crippen LogP contribution is -2.08. The summed E-state index contributed by atoms with van der Waals surface area (Å²) in [7, 11) is 1.68. The smallest absolute Gasteiger partial charge is 0.119 e. The van der Waals surface area contributed by atoms with Crippen LogP contribution in [0.2, 0.25) is 5.02 Å². The Hall–Kier alpha value is -2.98. The van der Waals surface area contributed by atoms with E-state index in [4.69, 9.17) is 26.1 Å². The number of fused-ring (bicyclic) bond motifs is 1. The molecular weight excluding hydrogens is 396 g/mol. The molecule has 4 nitrogen and oxygen atoms in total. The van der Waals surface area contributed by atoms with Crippen molar-refractivity contribution >= 4 is 22.6 Å². The fourth-order valence-electron chi connectivity index (χ4n) is 3.56. The Bertz CT molecular complexity index is 1140. The van der Waals surface area contributed by atoms with Crippen LogP contribution in [0.15, 0.2) is 66.7 Å². The molecule has 0 atom stereocenters. The van der Waals surface area contributed by atoms with Gasteiger partial charge < -0.3 is 14.0 Å². The third kappa shape index (κ3) is 4.60. The zero-order valence-corrected chi connectivity index (χ0v) is 18.0. The fourth-order valence-corrected chi connectivity index (χ4v) is 3.67. The second-order valence-corrected chi connectivity index (χ2v) is 7.71. The molecule has 30 heavy (non-hydrogen) atoms. The van der Waals surface area contributed by atoms with E-state index in [-0.39, 0.29) is 0 Å². The molecule has 0 saturated heterocycles. The number of rotatable bonds is 8. The van der Waals surface area contributed by atoms with Gasteiger partial charge in [-0.05, 0) is 66.9 Å². The molecule has 1 aromatic heterocycles. The quantitative estimate of drug-likeness (QED) is 0.325. The average Bonchev–Trinajstić information content (AvgIpc) is 3.11. The first-order chi connectivity index (χ1) is 14.6. The molecule has 4 aromatic rings. The Morgan fingerprint density at radius 3 is 2.50 bits per heavy atom. The molecule has 0 aliphatic heterocycles. The van der Waals surface area contributed by atoms with E-state index < -0.39 is 0 Å². The molecule has 0 aliphatic rings. The number of para-hydroxylation sites is 2. The number of imidazole rings is 1. The summed E-state index contributed by atoms with van der Waals surface area (Å²) in [6.45, 7) is 3.46. The minimum Gasteiger partial charge on any atom is -0.497 e. The molecule has 0 radical (unpaired) electrons. The standard InChI is InChI=1S/C25H25ClN2O2/c1-18-16-21(12-13-22(18)26)30-15-5-14-28-24-7-4-3-6-23(24)27-25(28)17-19-8-10-20(29-2)11-9-19/h3-4,6-13,16H,5,14-15,17H2,1-2H3. The predicted molar refractivity (Wildman–Crippen MR) is 122 cm³/mol. The van der Waals surface area contributed by atoms with Gasteiger partial charge in [0.2, 0.25) is 0 Å². The highest BCUT2D eigenvalue weighted by atomic mass is 35.5. The fraction of sp³-hybridized carbons (Fsp3) is 0.240. The highest BCUT2D eigenvalue weighted by molar-refractivity contribution is 6.31. The number of ether oxygens (including phenoxy) is 2. The maximum Gasteiger partial charge on any atom is 0.119 e. The van der Waals surface area contributed by atoms with Crippen LogP contribution in [0.3, 0.4) is 0 Å². The summed E-state index contributed by atoms with van der Waals surface area (Å²) in [6.07, 6.45) is 1.66. The first-order valence-corrected chi connectivity index (χ1v) is 10.5. The van der Waals surface area contributed by atoms with E-state index in [2.05, 4.69) is 34.9 Å². The van der Waals surface area contributed by atoms with Crippen molar-refractivity contribution in [1.82, 2.24) is 9.55 Å². The molecular formula is C25H25ClN2O2. The van der Waals surface area contributed by atoms with Crippen molar-refractivity contribution < 1.29 is 9.47 Å². The monoisotopic (exact) mass is 420 g/mol. The zero-order valence-electron chi connectivity index (χ0n) is 17.3. The van der Waals surface area contributed by atoms with Crippen LogP contribution < -0.4 is 9.47 Å². The van der Waals surface area contributed by atoms with Crippen LogP contribution in [0.5, 0.6) is 11.5 Å². The lowest BCUT2D eigenvalue weighted by Gasteiger charge is -2.11. The van der Waals surface area contributed by atoms with Crippen molar-refractivity contribution in [2.24, 2.45) is 0 Å². The highest BCUT2D eigenvalue weighted by Crippen LogP contribution is 2.22. The highest BCUT2D eigenvalue weighted by Gasteiger charge is 2.11. The summed E-state index contributed by atoms with van der Waals surface area (Å²) in [4.78, 5) is 4.88. The van der Waals surface area contributed by atoms with Crippen molar-refractivity contribution in [3.8, 4) is 11.5 Å². The molecule has 0 fully saturated rings. The zero-order chi connectivity index (χ0) is 20.9. The van der Waals surface area contributed by atoms with Crippen molar-refractivity contribution in [2.75, 3.05) is 13.7 Å². The van der Waals surface area contributed by atoms with Crippen LogP contribution in [0.25, 0.3) is 11.0 Å². The summed E-state index contributed by atoms with van der Waals surface area (Å²) in [6, 6.07) is 22.2. The molecule has 0 N–H and O–H groups in total. The molecule has 5 heteroatoms. The lowest BCUT2D eigenvalue weighted by molar-refractivity contribution is 0.301. The van der Waals surface area contributed by atoms with Crippen molar-refractivity contribution in [1.29, 1.82) is 0 Å². The molecule has 4 rings (SSSR count). The number of hydrogen-bond donors (Lipinski definition) is 0. The van der Waals surface area contributed by atoms with E-state index in [1.165, 1.54) is 5.56 Å². The van der Waals surface area contributed by atoms with Gasteiger partial charge in [0.25, 0.3) is 0 Å². The van der Waals surface area contributed by atoms with Gasteiger partial charge >= 0.3 is 0 Å². The molecule has 0 unspecified atom stereocenters. The topological polar surface area (TPSA) is 36.3 Å². The van der Waals surface area contributed by atoms with Crippen molar-refractivity contribution in [3.63, 3.8) is 0 Å². The molecule has 0 amide bonds. The van der Waals surface area contributed by atoms with E-state index in [1.807, 2.05) is 43.3 Å². The summed E-state index contributed by atoms with van der Waals surface area (Å²) in [5, 5.41) is 0.760. The Morgan fingerprint density at radius 1 is 0.967 bits per heavy atom. The van der Waals surface area contributed by atoms with Gasteiger partial charge in [-0.2, -0.15) is 0 Å². The normalized spacial score (nSPS) is 11.0. The number of benzene rings is 3. The molecule has 0 spiro atoms. The number of hydrogen-bond acceptors (Lipinski definition) is 3. The van der Waals surface area contributed by atoms with Crippen LogP contribution in [0, 0.1) is 6.92 Å². The summed E-state index contributed by atoms with van der Waals surface area (Å²) in [5.74, 6) is 2.77. The molecule has 3 aromatic carbocycles. The van der Waals surface area contributed by atoms with Crippen LogP contribution in [0.4, 0.5) is 0 Å². The van der Waals surface area contributed by atoms with Gasteiger partial charge in [0, 0.05) is 18.0 Å². The summed E-state index contributed by atoms with van der Waals surface area (Å²) < 4.78 is 13.5. The van der Waals surface area contributed by atoms with E-state index in [1.54, 1.807) is 7.11 Å². The minimum atomic E-state index is 0.634. The molecule has 154 valence electrons. The van der Waals surface area contributed by atoms with Gasteiger partial charge in [-0.1, -0.05) is 35.9 Å². The molecule has 1 heterocycles. The number of aryl methyl sites for hydroxylation is 2. The van der Waals surface area contributed by atoms with Gasteiger partial charge in [0.05, 0.1) is 24.8 Å². The SMILES string of the molecule is COc1ccc(Cc2nc3ccccc3n2CCCOc2ccc(Cl)c(C)c2)cc1. The maximum absolute atomic E-state index is 6.09. The first-order valence-electron chi connectivity index (χ1n) is 10.1. The van der Waals surface area contributed by atoms with Crippen LogP contribution in [-0.4, -0.2) is 23.3 Å². The number of methoxy groups -OCH3 is 1. The minimum absolute atomic E-state index is 0.634. The Morgan fingerprint density at radius 2 is 1.73 bits per heavy atom. The second-order valence-electron chi connectivity index (χ2n) is 7.31. The van der Waals surface area contributed by atoms with Gasteiger partial charge in [-0.15, -0.1) is 0 Å². The summed E-state index contributed by atoms with van der Waals surface area (Å²) in [5.41, 5.74) is 4.41. The van der Waals surface area contributed by atoms with E-state index in [9.17, 15) is 0 Å². The molecule has 0 aliphatic carbocycles. The van der Waals surface area contributed by atoms with E-state index in [0.717, 1.165) is 58.3 Å². The van der Waals surface area contributed by atoms with Crippen LogP contribution in [0.1, 0.15) is 23.4 Å². The third-order valence-electron chi connectivity index (χ3n) is 5.18. The lowest BCUT2D eigenvalue weighted by atomic mass is 10.1. The molecule has 0 bridgehead atoms. The third-order valence-corrected chi connectivity index (χ3v) is 5.60. The number of aromatic nitrogens is 2. The van der Waals surface area contributed by atoms with Crippen molar-refractivity contribution in [2.45, 2.75) is 26.3 Å². The Kier molecular flexibility index (Phi) is 6.24. The van der Waals surface area contributed by atoms with Gasteiger partial charge in [-0.25, -0.2) is 4.98 Å².